The lowest BCUT2D eigenvalue weighted by Gasteiger charge is -2.10. The van der Waals surface area contributed by atoms with E-state index >= 15 is 0 Å². The number of aryl methyl sites for hydroxylation is 2. The molecule has 0 bridgehead atoms. The number of hydrogen-bond donors (Lipinski definition) is 0. The van der Waals surface area contributed by atoms with Crippen molar-refractivity contribution in [2.75, 3.05) is 7.11 Å². The minimum absolute atomic E-state index is 0.0171. The van der Waals surface area contributed by atoms with E-state index in [1.54, 1.807) is 12.1 Å². The Morgan fingerprint density at radius 3 is 2.52 bits per heavy atom. The van der Waals surface area contributed by atoms with Crippen molar-refractivity contribution in [3.05, 3.63) is 59.0 Å². The molecule has 0 saturated heterocycles. The molecule has 10 heteroatoms. The maximum absolute atomic E-state index is 12.5. The van der Waals surface area contributed by atoms with Crippen molar-refractivity contribution in [1.82, 2.24) is 10.1 Å². The van der Waals surface area contributed by atoms with Crippen molar-refractivity contribution >= 4 is 11.8 Å². The second-order valence-electron chi connectivity index (χ2n) is 7.14. The topological polar surface area (TPSA) is 101 Å². The molecule has 0 aliphatic rings. The summed E-state index contributed by atoms with van der Waals surface area (Å²) in [6.45, 7) is 0.609. The number of halogens is 2. The lowest BCUT2D eigenvalue weighted by Crippen LogP contribution is -2.08. The molecule has 2 aromatic carbocycles. The molecule has 0 spiro atoms. The van der Waals surface area contributed by atoms with Gasteiger partial charge in [0.25, 0.3) is 5.89 Å². The average Bonchev–Trinajstić information content (AvgIpc) is 3.27. The van der Waals surface area contributed by atoms with Gasteiger partial charge in [-0.25, -0.2) is 0 Å². The summed E-state index contributed by atoms with van der Waals surface area (Å²) in [6, 6.07) is 9.56. The minimum Gasteiger partial charge on any atom is -0.493 e. The van der Waals surface area contributed by atoms with Gasteiger partial charge in [0.2, 0.25) is 5.82 Å². The maximum Gasteiger partial charge on any atom is 0.387 e. The first-order chi connectivity index (χ1) is 15.8. The van der Waals surface area contributed by atoms with Crippen LogP contribution < -0.4 is 9.47 Å². The van der Waals surface area contributed by atoms with Crippen molar-refractivity contribution in [3.8, 4) is 22.9 Å². The number of ether oxygens (including phenoxy) is 3. The lowest BCUT2D eigenvalue weighted by atomic mass is 10.0. The molecule has 33 heavy (non-hydrogen) atoms. The second kappa shape index (κ2) is 10.7. The molecule has 0 radical (unpaired) electrons. The number of hydrogen-bond acceptors (Lipinski definition) is 8. The molecule has 0 aliphatic heterocycles. The van der Waals surface area contributed by atoms with Crippen LogP contribution in [0.25, 0.3) is 11.4 Å². The van der Waals surface area contributed by atoms with Crippen LogP contribution in [0.3, 0.4) is 0 Å². The van der Waals surface area contributed by atoms with E-state index in [0.717, 1.165) is 11.1 Å². The van der Waals surface area contributed by atoms with Gasteiger partial charge in [-0.2, -0.15) is 13.8 Å². The second-order valence-corrected chi connectivity index (χ2v) is 7.14. The summed E-state index contributed by atoms with van der Waals surface area (Å²) in [5.41, 5.74) is 3.06. The Kier molecular flexibility index (Phi) is 7.70. The van der Waals surface area contributed by atoms with Crippen LogP contribution in [0.5, 0.6) is 11.5 Å². The number of Topliss-reactive ketones (excluding diaryl/α,β-unsaturated/α-hetero) is 1. The molecular formula is C23H22F2N2O6. The van der Waals surface area contributed by atoms with Crippen LogP contribution in [0, 0.1) is 13.8 Å². The predicted octanol–water partition coefficient (Wildman–Crippen LogP) is 4.67. The summed E-state index contributed by atoms with van der Waals surface area (Å²) in [4.78, 5) is 28.4. The van der Waals surface area contributed by atoms with E-state index in [-0.39, 0.29) is 48.4 Å². The molecule has 1 heterocycles. The van der Waals surface area contributed by atoms with E-state index < -0.39 is 12.6 Å². The molecule has 0 aliphatic carbocycles. The van der Waals surface area contributed by atoms with Crippen molar-refractivity contribution < 1.29 is 37.1 Å². The van der Waals surface area contributed by atoms with E-state index in [4.69, 9.17) is 14.0 Å². The average molecular weight is 460 g/mol. The molecule has 0 saturated carbocycles. The highest BCUT2D eigenvalue weighted by molar-refractivity contribution is 5.97. The number of ketones is 1. The van der Waals surface area contributed by atoms with Crippen LogP contribution in [0.1, 0.15) is 40.2 Å². The fourth-order valence-electron chi connectivity index (χ4n) is 2.92. The third-order valence-electron chi connectivity index (χ3n) is 4.85. The van der Waals surface area contributed by atoms with Crippen LogP contribution in [0.15, 0.2) is 40.9 Å². The Bertz CT molecular complexity index is 1150. The maximum atomic E-state index is 12.5. The number of esters is 1. The normalized spacial score (nSPS) is 10.8. The van der Waals surface area contributed by atoms with E-state index in [2.05, 4.69) is 14.9 Å². The molecule has 8 nitrogen and oxygen atoms in total. The van der Waals surface area contributed by atoms with Gasteiger partial charge in [0.15, 0.2) is 23.9 Å². The van der Waals surface area contributed by atoms with Crippen LogP contribution in [0.4, 0.5) is 8.78 Å². The molecule has 3 rings (SSSR count). The Hall–Kier alpha value is -3.82. The monoisotopic (exact) mass is 460 g/mol. The molecule has 0 fully saturated rings. The van der Waals surface area contributed by atoms with E-state index in [1.807, 2.05) is 19.9 Å². The van der Waals surface area contributed by atoms with Gasteiger partial charge in [-0.15, -0.1) is 0 Å². The first-order valence-electron chi connectivity index (χ1n) is 9.98. The Balaban J connectivity index is 1.53. The van der Waals surface area contributed by atoms with Crippen molar-refractivity contribution in [2.24, 2.45) is 0 Å². The highest BCUT2D eigenvalue weighted by Gasteiger charge is 2.16. The predicted molar refractivity (Wildman–Crippen MR) is 112 cm³/mol. The van der Waals surface area contributed by atoms with Crippen LogP contribution in [-0.4, -0.2) is 35.6 Å². The van der Waals surface area contributed by atoms with Crippen molar-refractivity contribution in [2.45, 2.75) is 39.9 Å². The largest absolute Gasteiger partial charge is 0.493 e. The van der Waals surface area contributed by atoms with Gasteiger partial charge in [0.05, 0.1) is 13.5 Å². The third-order valence-corrected chi connectivity index (χ3v) is 4.85. The highest BCUT2D eigenvalue weighted by atomic mass is 19.3. The Morgan fingerprint density at radius 2 is 1.82 bits per heavy atom. The van der Waals surface area contributed by atoms with E-state index in [1.165, 1.54) is 25.3 Å². The van der Waals surface area contributed by atoms with Gasteiger partial charge in [0, 0.05) is 17.5 Å². The summed E-state index contributed by atoms with van der Waals surface area (Å²) in [5, 5.41) is 3.78. The van der Waals surface area contributed by atoms with E-state index in [0.29, 0.717) is 11.1 Å². The molecule has 0 amide bonds. The van der Waals surface area contributed by atoms with Crippen LogP contribution >= 0.6 is 0 Å². The number of aromatic nitrogens is 2. The first kappa shape index (κ1) is 23.8. The molecule has 174 valence electrons. The zero-order valence-electron chi connectivity index (χ0n) is 18.3. The number of benzene rings is 2. The lowest BCUT2D eigenvalue weighted by molar-refractivity contribution is -0.145. The molecule has 0 atom stereocenters. The molecule has 0 N–H and O–H groups in total. The molecule has 0 unspecified atom stereocenters. The summed E-state index contributed by atoms with van der Waals surface area (Å²) in [7, 11) is 1.31. The Labute approximate surface area is 188 Å². The Morgan fingerprint density at radius 1 is 1.03 bits per heavy atom. The zero-order chi connectivity index (χ0) is 24.0. The van der Waals surface area contributed by atoms with Crippen molar-refractivity contribution in [1.29, 1.82) is 0 Å². The molecular weight excluding hydrogens is 438 g/mol. The van der Waals surface area contributed by atoms with Gasteiger partial charge in [-0.1, -0.05) is 17.3 Å². The summed E-state index contributed by atoms with van der Waals surface area (Å²) < 4.78 is 44.5. The summed E-state index contributed by atoms with van der Waals surface area (Å²) >= 11 is 0. The summed E-state index contributed by atoms with van der Waals surface area (Å²) in [5.74, 6) is -0.618. The number of alkyl halides is 2. The number of nitrogens with zero attached hydrogens (tertiary/aromatic N) is 2. The summed E-state index contributed by atoms with van der Waals surface area (Å²) in [6.07, 6.45) is -0.0706. The number of methoxy groups -OCH3 is 1. The zero-order valence-corrected chi connectivity index (χ0v) is 18.3. The van der Waals surface area contributed by atoms with E-state index in [9.17, 15) is 18.4 Å². The molecule has 1 aromatic heterocycles. The molecule has 3 aromatic rings. The van der Waals surface area contributed by atoms with Crippen LogP contribution in [0.2, 0.25) is 0 Å². The van der Waals surface area contributed by atoms with Gasteiger partial charge in [0.1, 0.15) is 0 Å². The fraction of sp³-hybridized carbons (Fsp3) is 0.304. The van der Waals surface area contributed by atoms with Crippen molar-refractivity contribution in [3.63, 3.8) is 0 Å². The quantitative estimate of drug-likeness (QED) is 0.318. The fourth-order valence-corrected chi connectivity index (χ4v) is 2.92. The van der Waals surface area contributed by atoms with Crippen LogP contribution in [-0.2, 0) is 16.1 Å². The third kappa shape index (κ3) is 6.34. The van der Waals surface area contributed by atoms with Gasteiger partial charge in [-0.05, 0) is 49.2 Å². The van der Waals surface area contributed by atoms with Gasteiger partial charge < -0.3 is 18.7 Å². The number of carbonyl (C=O) groups is 2. The SMILES string of the molecule is COc1cc(-c2noc(COC(=O)CCC(=O)c3ccc(C)c(C)c3)n2)ccc1OC(F)F. The van der Waals surface area contributed by atoms with Gasteiger partial charge >= 0.3 is 12.6 Å². The number of carbonyl (C=O) groups excluding carboxylic acids is 2. The number of rotatable bonds is 10. The van der Waals surface area contributed by atoms with Gasteiger partial charge in [-0.3, -0.25) is 9.59 Å². The minimum atomic E-state index is -2.99. The smallest absolute Gasteiger partial charge is 0.387 e. The standard InChI is InChI=1S/C23H22F2N2O6/c1-13-4-5-15(10-14(13)2)17(28)7-9-21(29)31-12-20-26-22(27-33-20)16-6-8-18(32-23(24)25)19(11-16)30-3/h4-6,8,10-11,23H,7,9,12H2,1-3H3. The highest BCUT2D eigenvalue weighted by Crippen LogP contribution is 2.32. The first-order valence-corrected chi connectivity index (χ1v) is 9.98.